The molecule has 1 saturated carbocycles. The molecule has 13 heteroatoms. The number of piperazine rings is 1. The molecule has 1 unspecified atom stereocenters. The molecule has 0 bridgehead atoms. The summed E-state index contributed by atoms with van der Waals surface area (Å²) in [7, 11) is -4.04. The summed E-state index contributed by atoms with van der Waals surface area (Å²) in [5, 5.41) is 14.1. The van der Waals surface area contributed by atoms with Crippen molar-refractivity contribution in [2.24, 2.45) is 5.92 Å². The van der Waals surface area contributed by atoms with Crippen molar-refractivity contribution in [3.63, 3.8) is 0 Å². The number of nitrogens with one attached hydrogen (secondary N) is 1. The summed E-state index contributed by atoms with van der Waals surface area (Å²) < 4.78 is 47.5. The number of anilines is 1. The number of fused-ring (bicyclic) bond motifs is 2. The van der Waals surface area contributed by atoms with Crippen molar-refractivity contribution >= 4 is 27.3 Å². The van der Waals surface area contributed by atoms with Gasteiger partial charge in [-0.05, 0) is 37.8 Å². The van der Waals surface area contributed by atoms with Crippen LogP contribution >= 0.6 is 0 Å². The summed E-state index contributed by atoms with van der Waals surface area (Å²) >= 11 is 0. The number of sulfonamides is 1. The number of carbonyl (C=O) groups is 1. The number of pyridine rings is 1. The molecule has 1 atom stereocenters. The molecule has 206 valence electrons. The second-order valence-corrected chi connectivity index (χ2v) is 12.6. The third-order valence-corrected chi connectivity index (χ3v) is 9.32. The molecule has 1 N–H and O–H groups in total. The van der Waals surface area contributed by atoms with E-state index in [0.717, 1.165) is 0 Å². The Morgan fingerprint density at radius 1 is 1.21 bits per heavy atom. The number of imidazole rings is 1. The first-order valence-electron chi connectivity index (χ1n) is 13.3. The van der Waals surface area contributed by atoms with Crippen LogP contribution in [0, 0.1) is 17.2 Å². The zero-order valence-electron chi connectivity index (χ0n) is 22.0. The van der Waals surface area contributed by atoms with Gasteiger partial charge in [0.15, 0.2) is 5.65 Å². The van der Waals surface area contributed by atoms with Crippen LogP contribution < -0.4 is 9.62 Å². The van der Waals surface area contributed by atoms with E-state index in [-0.39, 0.29) is 16.7 Å². The van der Waals surface area contributed by atoms with Crippen LogP contribution in [0.1, 0.15) is 51.4 Å². The summed E-state index contributed by atoms with van der Waals surface area (Å²) in [4.78, 5) is 21.0. The van der Waals surface area contributed by atoms with Crippen LogP contribution in [-0.2, 0) is 21.4 Å². The monoisotopic (exact) mass is 554 g/mol. The smallest absolute Gasteiger partial charge is 0.243 e. The molecule has 39 heavy (non-hydrogen) atoms. The molecule has 0 spiro atoms. The molecule has 1 aliphatic carbocycles. The molecule has 6 rings (SSSR count). The van der Waals surface area contributed by atoms with Crippen LogP contribution in [0.25, 0.3) is 17.0 Å². The normalized spacial score (nSPS) is 20.7. The Morgan fingerprint density at radius 2 is 1.95 bits per heavy atom. The van der Waals surface area contributed by atoms with Crippen molar-refractivity contribution in [3.05, 3.63) is 30.2 Å². The first kappa shape index (κ1) is 25.8. The van der Waals surface area contributed by atoms with Gasteiger partial charge in [-0.1, -0.05) is 13.8 Å². The average Bonchev–Trinajstić information content (AvgIpc) is 3.33. The number of aromatic nitrogens is 4. The molecule has 3 aliphatic rings. The molecule has 0 aromatic carbocycles. The van der Waals surface area contributed by atoms with Crippen molar-refractivity contribution in [1.82, 2.24) is 28.8 Å². The average molecular weight is 555 g/mol. The fraction of sp³-hybridized carbons (Fsp3) is 0.538. The topological polar surface area (TPSA) is 129 Å². The van der Waals surface area contributed by atoms with Gasteiger partial charge >= 0.3 is 0 Å². The van der Waals surface area contributed by atoms with Crippen molar-refractivity contribution < 1.29 is 17.6 Å². The van der Waals surface area contributed by atoms with Crippen LogP contribution in [-0.4, -0.2) is 70.1 Å². The predicted molar refractivity (Wildman–Crippen MR) is 141 cm³/mol. The Labute approximate surface area is 226 Å². The summed E-state index contributed by atoms with van der Waals surface area (Å²) in [5.74, 6) is -0.0123. The minimum absolute atomic E-state index is 0.00111. The van der Waals surface area contributed by atoms with Gasteiger partial charge in [0, 0.05) is 44.8 Å². The highest BCUT2D eigenvalue weighted by atomic mass is 32.2. The Hall–Kier alpha value is -3.50. The number of hydrogen-bond donors (Lipinski definition) is 1. The lowest BCUT2D eigenvalue weighted by atomic mass is 10.1. The van der Waals surface area contributed by atoms with Gasteiger partial charge in [0.25, 0.3) is 0 Å². The van der Waals surface area contributed by atoms with E-state index in [4.69, 9.17) is 0 Å². The second kappa shape index (κ2) is 9.31. The molecule has 2 fully saturated rings. The molecule has 5 heterocycles. The van der Waals surface area contributed by atoms with Gasteiger partial charge in [0.2, 0.25) is 15.9 Å². The highest BCUT2D eigenvalue weighted by Crippen LogP contribution is 2.38. The highest BCUT2D eigenvalue weighted by Gasteiger charge is 2.47. The van der Waals surface area contributed by atoms with Crippen molar-refractivity contribution in [2.45, 2.75) is 62.7 Å². The van der Waals surface area contributed by atoms with Crippen LogP contribution in [0.2, 0.25) is 0 Å². The van der Waals surface area contributed by atoms with E-state index in [0.29, 0.717) is 86.8 Å². The number of nitriles is 1. The molecule has 1 saturated heterocycles. The second-order valence-electron chi connectivity index (χ2n) is 11.0. The van der Waals surface area contributed by atoms with Crippen molar-refractivity contribution in [3.8, 4) is 17.5 Å². The van der Waals surface area contributed by atoms with Gasteiger partial charge in [-0.15, -0.1) is 0 Å². The van der Waals surface area contributed by atoms with Crippen LogP contribution in [0.5, 0.6) is 0 Å². The van der Waals surface area contributed by atoms with E-state index < -0.39 is 21.7 Å². The lowest BCUT2D eigenvalue weighted by Crippen LogP contribution is -2.50. The Kier molecular flexibility index (Phi) is 6.15. The number of halogens is 1. The fourth-order valence-electron chi connectivity index (χ4n) is 5.38. The molecule has 0 radical (unpaired) electrons. The van der Waals surface area contributed by atoms with Gasteiger partial charge in [0.05, 0.1) is 29.3 Å². The summed E-state index contributed by atoms with van der Waals surface area (Å²) in [6.07, 6.45) is 4.09. The van der Waals surface area contributed by atoms with Crippen molar-refractivity contribution in [2.75, 3.05) is 31.1 Å². The number of amides is 1. The first-order valence-corrected chi connectivity index (χ1v) is 14.8. The molecule has 3 aromatic heterocycles. The van der Waals surface area contributed by atoms with E-state index in [9.17, 15) is 22.9 Å². The number of nitrogens with zero attached hydrogens (tertiary/aromatic N) is 7. The van der Waals surface area contributed by atoms with Crippen molar-refractivity contribution in [1.29, 1.82) is 5.26 Å². The molecule has 2 aliphatic heterocycles. The van der Waals surface area contributed by atoms with Gasteiger partial charge in [-0.25, -0.2) is 17.8 Å². The van der Waals surface area contributed by atoms with Crippen LogP contribution in [0.4, 0.5) is 10.1 Å². The minimum atomic E-state index is -4.04. The lowest BCUT2D eigenvalue weighted by Gasteiger charge is -2.37. The molecule has 11 nitrogen and oxygen atoms in total. The maximum absolute atomic E-state index is 14.6. The van der Waals surface area contributed by atoms with E-state index in [1.54, 1.807) is 27.4 Å². The first-order chi connectivity index (χ1) is 18.6. The standard InChI is InChI=1S/C26H31FN8O3S/c1-17(2)25(36)33-10-8-32(9-11-33)22-12-18(39(37,38)31-26(16-28)5-6-26)15-34-23(14-29-24(22)34)20-13-21-19(27)4-3-7-35(21)30-20/h12-15,17,19,31H,3-11H2,1-2H3. The van der Waals surface area contributed by atoms with E-state index in [1.807, 2.05) is 23.6 Å². The SMILES string of the molecule is CC(C)C(=O)N1CCN(c2cc(S(=O)(=O)NC3(C#N)CC3)cn3c(-c4cc5n(n4)CCCC5F)cnc23)CC1. The number of carbonyl (C=O) groups excluding carboxylic acids is 1. The minimum Gasteiger partial charge on any atom is -0.365 e. The van der Waals surface area contributed by atoms with E-state index >= 15 is 0 Å². The van der Waals surface area contributed by atoms with Gasteiger partial charge in [0.1, 0.15) is 22.3 Å². The maximum Gasteiger partial charge on any atom is 0.243 e. The summed E-state index contributed by atoms with van der Waals surface area (Å²) in [6.45, 7) is 6.41. The lowest BCUT2D eigenvalue weighted by molar-refractivity contribution is -0.134. The molecular formula is C26H31FN8O3S. The zero-order valence-corrected chi connectivity index (χ0v) is 22.8. The number of rotatable bonds is 6. The largest absolute Gasteiger partial charge is 0.365 e. The zero-order chi connectivity index (χ0) is 27.5. The number of hydrogen-bond acceptors (Lipinski definition) is 7. The van der Waals surface area contributed by atoms with E-state index in [2.05, 4.69) is 20.9 Å². The van der Waals surface area contributed by atoms with Gasteiger partial charge in [-0.2, -0.15) is 15.1 Å². The van der Waals surface area contributed by atoms with E-state index in [1.165, 1.54) is 6.20 Å². The molecule has 1 amide bonds. The molecule has 3 aromatic rings. The molecular weight excluding hydrogens is 523 g/mol. The number of aryl methyl sites for hydroxylation is 1. The number of alkyl halides is 1. The van der Waals surface area contributed by atoms with Crippen LogP contribution in [0.15, 0.2) is 29.4 Å². The highest BCUT2D eigenvalue weighted by molar-refractivity contribution is 7.89. The van der Waals surface area contributed by atoms with Crippen LogP contribution in [0.3, 0.4) is 0 Å². The van der Waals surface area contributed by atoms with Gasteiger partial charge < -0.3 is 9.80 Å². The van der Waals surface area contributed by atoms with Gasteiger partial charge in [-0.3, -0.25) is 13.9 Å². The Bertz CT molecular complexity index is 1590. The summed E-state index contributed by atoms with van der Waals surface area (Å²) in [6, 6.07) is 5.36. The third kappa shape index (κ3) is 4.55. The predicted octanol–water partition coefficient (Wildman–Crippen LogP) is 2.64. The maximum atomic E-state index is 14.6. The quantitative estimate of drug-likeness (QED) is 0.496. The Morgan fingerprint density at radius 3 is 2.59 bits per heavy atom. The fourth-order valence-corrected chi connectivity index (χ4v) is 6.77. The Balaban J connectivity index is 1.43. The third-order valence-electron chi connectivity index (χ3n) is 7.81. The summed E-state index contributed by atoms with van der Waals surface area (Å²) in [5.41, 5.74) is 1.64.